The van der Waals surface area contributed by atoms with Crippen LogP contribution >= 0.6 is 11.3 Å². The molecule has 5 aromatic rings. The van der Waals surface area contributed by atoms with Gasteiger partial charge in [0.2, 0.25) is 0 Å². The Morgan fingerprint density at radius 2 is 1.89 bits per heavy atom. The van der Waals surface area contributed by atoms with Crippen molar-refractivity contribution >= 4 is 39.4 Å². The molecule has 0 aliphatic carbocycles. The molecule has 3 aromatic heterocycles. The van der Waals surface area contributed by atoms with Gasteiger partial charge in [-0.2, -0.15) is 0 Å². The zero-order valence-corrected chi connectivity index (χ0v) is 20.2. The van der Waals surface area contributed by atoms with Crippen LogP contribution in [0.4, 0.5) is 5.13 Å². The van der Waals surface area contributed by atoms with Crippen LogP contribution in [0.2, 0.25) is 0 Å². The van der Waals surface area contributed by atoms with Crippen LogP contribution in [0.5, 0.6) is 5.75 Å². The van der Waals surface area contributed by atoms with E-state index in [1.54, 1.807) is 37.7 Å². The van der Waals surface area contributed by atoms with E-state index in [1.165, 1.54) is 18.3 Å². The maximum Gasteiger partial charge on any atom is 0.338 e. The highest BCUT2D eigenvalue weighted by molar-refractivity contribution is 7.14. The fourth-order valence-electron chi connectivity index (χ4n) is 3.49. The predicted molar refractivity (Wildman–Crippen MR) is 137 cm³/mol. The number of pyridine rings is 1. The van der Waals surface area contributed by atoms with E-state index < -0.39 is 18.0 Å². The lowest BCUT2D eigenvalue weighted by Gasteiger charge is -2.12. The Kier molecular flexibility index (Phi) is 6.42. The Hall–Kier alpha value is -4.57. The predicted octanol–water partition coefficient (Wildman–Crippen LogP) is 4.94. The molecule has 2 aromatic carbocycles. The number of fused-ring (bicyclic) bond motifs is 1. The van der Waals surface area contributed by atoms with Crippen molar-refractivity contribution in [3.05, 3.63) is 77.9 Å². The molecule has 36 heavy (non-hydrogen) atoms. The van der Waals surface area contributed by atoms with Gasteiger partial charge in [0.15, 0.2) is 11.2 Å². The Labute approximate surface area is 210 Å². The normalized spacial score (nSPS) is 11.7. The summed E-state index contributed by atoms with van der Waals surface area (Å²) >= 11 is 1.29. The molecule has 0 radical (unpaired) electrons. The molecule has 0 aliphatic heterocycles. The zero-order chi connectivity index (χ0) is 25.1. The van der Waals surface area contributed by atoms with Crippen LogP contribution in [0, 0.1) is 0 Å². The number of amides is 1. The summed E-state index contributed by atoms with van der Waals surface area (Å²) in [4.78, 5) is 41.6. The first kappa shape index (κ1) is 23.2. The van der Waals surface area contributed by atoms with Crippen LogP contribution in [0.25, 0.3) is 33.7 Å². The number of imidazole rings is 1. The quantitative estimate of drug-likeness (QED) is 0.304. The molecule has 0 aliphatic rings. The standard InChI is InChI=1S/C26H21N5O4S/c1-15(24(32)31-26-30-22(14-36-26)16-5-8-19(34-2)9-6-16)35-25(33)17-7-10-20-21(12-17)29-23(28-20)18-4-3-11-27-13-18/h3-15H,1-2H3,(H,28,29)(H,30,31,32). The minimum atomic E-state index is -1.02. The highest BCUT2D eigenvalue weighted by Gasteiger charge is 2.21. The second-order valence-electron chi connectivity index (χ2n) is 7.86. The molecule has 0 bridgehead atoms. The van der Waals surface area contributed by atoms with Gasteiger partial charge in [0.25, 0.3) is 5.91 Å². The highest BCUT2D eigenvalue weighted by Crippen LogP contribution is 2.27. The van der Waals surface area contributed by atoms with Gasteiger partial charge in [0.1, 0.15) is 11.6 Å². The van der Waals surface area contributed by atoms with Crippen molar-refractivity contribution in [2.45, 2.75) is 13.0 Å². The van der Waals surface area contributed by atoms with Crippen molar-refractivity contribution in [2.24, 2.45) is 0 Å². The Bertz CT molecular complexity index is 1530. The van der Waals surface area contributed by atoms with Crippen LogP contribution in [0.1, 0.15) is 17.3 Å². The van der Waals surface area contributed by atoms with Crippen molar-refractivity contribution in [1.82, 2.24) is 19.9 Å². The highest BCUT2D eigenvalue weighted by atomic mass is 32.1. The molecular formula is C26H21N5O4S. The molecule has 2 N–H and O–H groups in total. The number of nitrogens with one attached hydrogen (secondary N) is 2. The first-order chi connectivity index (χ1) is 17.5. The van der Waals surface area contributed by atoms with Gasteiger partial charge in [-0.15, -0.1) is 11.3 Å². The van der Waals surface area contributed by atoms with Crippen molar-refractivity contribution in [3.63, 3.8) is 0 Å². The third-order valence-corrected chi connectivity index (χ3v) is 6.18. The van der Waals surface area contributed by atoms with Gasteiger partial charge in [0.05, 0.1) is 29.4 Å². The molecule has 0 saturated carbocycles. The number of benzene rings is 2. The van der Waals surface area contributed by atoms with Gasteiger partial charge in [-0.05, 0) is 61.5 Å². The maximum absolute atomic E-state index is 12.7. The van der Waals surface area contributed by atoms with Crippen molar-refractivity contribution < 1.29 is 19.1 Å². The largest absolute Gasteiger partial charge is 0.497 e. The van der Waals surface area contributed by atoms with Crippen LogP contribution in [0.15, 0.2) is 72.4 Å². The van der Waals surface area contributed by atoms with Gasteiger partial charge in [-0.25, -0.2) is 14.8 Å². The summed E-state index contributed by atoms with van der Waals surface area (Å²) in [6.07, 6.45) is 2.37. The summed E-state index contributed by atoms with van der Waals surface area (Å²) in [6, 6.07) is 16.2. The second-order valence-corrected chi connectivity index (χ2v) is 8.72. The van der Waals surface area contributed by atoms with E-state index in [2.05, 4.69) is 25.3 Å². The number of rotatable bonds is 7. The zero-order valence-electron chi connectivity index (χ0n) is 19.4. The third kappa shape index (κ3) is 4.93. The summed E-state index contributed by atoms with van der Waals surface area (Å²) in [5, 5.41) is 4.96. The molecule has 10 heteroatoms. The van der Waals surface area contributed by atoms with E-state index in [9.17, 15) is 9.59 Å². The number of nitrogens with zero attached hydrogens (tertiary/aromatic N) is 3. The molecule has 1 unspecified atom stereocenters. The Morgan fingerprint density at radius 3 is 2.64 bits per heavy atom. The molecule has 0 fully saturated rings. The number of esters is 1. The molecule has 0 saturated heterocycles. The number of H-pyrrole nitrogens is 1. The van der Waals surface area contributed by atoms with Crippen molar-refractivity contribution in [2.75, 3.05) is 12.4 Å². The number of thiazole rings is 1. The molecule has 1 atom stereocenters. The van der Waals surface area contributed by atoms with Gasteiger partial charge < -0.3 is 14.5 Å². The number of hydrogen-bond acceptors (Lipinski definition) is 8. The van der Waals surface area contributed by atoms with E-state index in [0.717, 1.165) is 22.6 Å². The number of aromatic amines is 1. The minimum absolute atomic E-state index is 0.305. The fourth-order valence-corrected chi connectivity index (χ4v) is 4.21. The van der Waals surface area contributed by atoms with Crippen LogP contribution in [0.3, 0.4) is 0 Å². The van der Waals surface area contributed by atoms with E-state index in [-0.39, 0.29) is 0 Å². The number of hydrogen-bond donors (Lipinski definition) is 2. The molecule has 0 spiro atoms. The Morgan fingerprint density at radius 1 is 1.06 bits per heavy atom. The van der Waals surface area contributed by atoms with E-state index in [0.29, 0.717) is 27.6 Å². The van der Waals surface area contributed by atoms with Crippen LogP contribution in [-0.4, -0.2) is 45.0 Å². The van der Waals surface area contributed by atoms with Gasteiger partial charge in [-0.3, -0.25) is 15.1 Å². The number of carbonyl (C=O) groups excluding carboxylic acids is 2. The average molecular weight is 500 g/mol. The first-order valence-electron chi connectivity index (χ1n) is 11.0. The molecule has 3 heterocycles. The maximum atomic E-state index is 12.7. The molecule has 5 rings (SSSR count). The average Bonchev–Trinajstić information content (AvgIpc) is 3.56. The molecular weight excluding hydrogens is 478 g/mol. The number of ether oxygens (including phenoxy) is 2. The summed E-state index contributed by atoms with van der Waals surface area (Å²) in [5.41, 5.74) is 4.14. The number of methoxy groups -OCH3 is 1. The van der Waals surface area contributed by atoms with Gasteiger partial charge >= 0.3 is 5.97 Å². The van der Waals surface area contributed by atoms with Crippen LogP contribution in [-0.2, 0) is 9.53 Å². The number of aromatic nitrogens is 4. The lowest BCUT2D eigenvalue weighted by atomic mass is 10.2. The van der Waals surface area contributed by atoms with E-state index >= 15 is 0 Å². The summed E-state index contributed by atoms with van der Waals surface area (Å²) < 4.78 is 10.6. The van der Waals surface area contributed by atoms with Gasteiger partial charge in [-0.1, -0.05) is 0 Å². The smallest absolute Gasteiger partial charge is 0.338 e. The minimum Gasteiger partial charge on any atom is -0.497 e. The lowest BCUT2D eigenvalue weighted by Crippen LogP contribution is -2.29. The topological polar surface area (TPSA) is 119 Å². The molecule has 180 valence electrons. The third-order valence-electron chi connectivity index (χ3n) is 5.43. The fraction of sp³-hybridized carbons (Fsp3) is 0.115. The molecule has 1 amide bonds. The van der Waals surface area contributed by atoms with E-state index in [1.807, 2.05) is 41.8 Å². The number of anilines is 1. The molecule has 9 nitrogen and oxygen atoms in total. The Balaban J connectivity index is 1.23. The van der Waals surface area contributed by atoms with Crippen LogP contribution < -0.4 is 10.1 Å². The van der Waals surface area contributed by atoms with E-state index in [4.69, 9.17) is 9.47 Å². The summed E-state index contributed by atoms with van der Waals surface area (Å²) in [5.74, 6) is 0.309. The first-order valence-corrected chi connectivity index (χ1v) is 11.9. The lowest BCUT2D eigenvalue weighted by molar-refractivity contribution is -0.123. The monoisotopic (exact) mass is 499 g/mol. The summed E-state index contributed by atoms with van der Waals surface area (Å²) in [7, 11) is 1.61. The second kappa shape index (κ2) is 9.96. The van der Waals surface area contributed by atoms with Crippen molar-refractivity contribution in [3.8, 4) is 28.4 Å². The number of carbonyl (C=O) groups is 2. The van der Waals surface area contributed by atoms with Crippen molar-refractivity contribution in [1.29, 1.82) is 0 Å². The summed E-state index contributed by atoms with van der Waals surface area (Å²) in [6.45, 7) is 1.51. The van der Waals surface area contributed by atoms with Gasteiger partial charge in [0, 0.05) is 28.9 Å². The SMILES string of the molecule is COc1ccc(-c2csc(NC(=O)C(C)OC(=O)c3ccc4nc(-c5cccnc5)[nH]c4c3)n2)cc1.